The minimum absolute atomic E-state index is 0.0424. The molecule has 10 nitrogen and oxygen atoms in total. The molecule has 0 saturated heterocycles. The normalized spacial score (nSPS) is 11.4. The minimum atomic E-state index is -0.737. The van der Waals surface area contributed by atoms with Crippen molar-refractivity contribution in [2.45, 2.75) is 52.2 Å². The molecule has 1 amide bonds. The molecule has 0 saturated carbocycles. The van der Waals surface area contributed by atoms with E-state index in [-0.39, 0.29) is 22.7 Å². The molecule has 0 fully saturated rings. The predicted molar refractivity (Wildman–Crippen MR) is 108 cm³/mol. The number of nitrogens with zero attached hydrogens (tertiary/aromatic N) is 1. The molecule has 0 bridgehead atoms. The first-order valence-corrected chi connectivity index (χ1v) is 8.99. The van der Waals surface area contributed by atoms with Gasteiger partial charge < -0.3 is 24.8 Å². The van der Waals surface area contributed by atoms with E-state index in [4.69, 9.17) is 9.47 Å². The Morgan fingerprint density at radius 2 is 1.76 bits per heavy atom. The van der Waals surface area contributed by atoms with Crippen LogP contribution in [-0.4, -0.2) is 48.9 Å². The molecule has 0 aliphatic heterocycles. The van der Waals surface area contributed by atoms with E-state index < -0.39 is 28.1 Å². The second kappa shape index (κ2) is 9.44. The lowest BCUT2D eigenvalue weighted by molar-refractivity contribution is -0.384. The van der Waals surface area contributed by atoms with E-state index in [2.05, 4.69) is 15.4 Å². The molecule has 2 N–H and O–H groups in total. The van der Waals surface area contributed by atoms with Gasteiger partial charge >= 0.3 is 12.1 Å². The molecule has 0 aliphatic carbocycles. The first-order valence-electron chi connectivity index (χ1n) is 8.99. The molecule has 0 radical (unpaired) electrons. The van der Waals surface area contributed by atoms with Crippen molar-refractivity contribution in [3.8, 4) is 5.75 Å². The Labute approximate surface area is 170 Å². The smallest absolute Gasteiger partial charge is 0.408 e. The lowest BCUT2D eigenvalue weighted by Crippen LogP contribution is -2.46. The van der Waals surface area contributed by atoms with Crippen molar-refractivity contribution in [2.75, 3.05) is 26.1 Å². The molecule has 162 valence electrons. The number of carbonyl (C=O) groups excluding carboxylic acids is 2. The highest BCUT2D eigenvalue weighted by atomic mass is 16.6. The molecule has 1 aromatic rings. The molecule has 0 spiro atoms. The van der Waals surface area contributed by atoms with Crippen LogP contribution in [0.2, 0.25) is 0 Å². The molecular formula is C19H29N3O7. The number of nitro groups is 1. The van der Waals surface area contributed by atoms with Gasteiger partial charge in [-0.2, -0.15) is 0 Å². The summed E-state index contributed by atoms with van der Waals surface area (Å²) in [6, 6.07) is 2.48. The topological polar surface area (TPSA) is 129 Å². The maximum absolute atomic E-state index is 12.0. The van der Waals surface area contributed by atoms with Gasteiger partial charge in [-0.15, -0.1) is 0 Å². The summed E-state index contributed by atoms with van der Waals surface area (Å²) >= 11 is 0. The minimum Gasteiger partial charge on any atom is -0.496 e. The van der Waals surface area contributed by atoms with Gasteiger partial charge in [-0.05, 0) is 41.0 Å². The van der Waals surface area contributed by atoms with Gasteiger partial charge in [0, 0.05) is 24.2 Å². The number of esters is 1. The van der Waals surface area contributed by atoms with E-state index in [9.17, 15) is 19.7 Å². The predicted octanol–water partition coefficient (Wildman–Crippen LogP) is 3.50. The Morgan fingerprint density at radius 1 is 1.14 bits per heavy atom. The van der Waals surface area contributed by atoms with Crippen LogP contribution >= 0.6 is 0 Å². The highest BCUT2D eigenvalue weighted by molar-refractivity contribution is 5.94. The van der Waals surface area contributed by atoms with Crippen LogP contribution in [0.3, 0.4) is 0 Å². The second-order valence-electron chi connectivity index (χ2n) is 8.01. The molecule has 0 aromatic heterocycles. The van der Waals surface area contributed by atoms with E-state index >= 15 is 0 Å². The van der Waals surface area contributed by atoms with Crippen LogP contribution in [0.1, 0.15) is 51.4 Å². The fourth-order valence-corrected chi connectivity index (χ4v) is 2.45. The van der Waals surface area contributed by atoms with Gasteiger partial charge in [-0.1, -0.05) is 0 Å². The number of carbonyl (C=O) groups is 2. The zero-order valence-corrected chi connectivity index (χ0v) is 17.9. The van der Waals surface area contributed by atoms with Crippen LogP contribution in [0.25, 0.3) is 0 Å². The number of alkyl carbamates (subject to hydrolysis) is 1. The Hall–Kier alpha value is -3.04. The van der Waals surface area contributed by atoms with Crippen LogP contribution < -0.4 is 15.4 Å². The van der Waals surface area contributed by atoms with E-state index in [1.165, 1.54) is 20.3 Å². The van der Waals surface area contributed by atoms with Crippen molar-refractivity contribution in [2.24, 2.45) is 0 Å². The van der Waals surface area contributed by atoms with Gasteiger partial charge in [0.2, 0.25) is 0 Å². The van der Waals surface area contributed by atoms with Crippen LogP contribution in [0, 0.1) is 10.1 Å². The second-order valence-corrected chi connectivity index (χ2v) is 8.01. The van der Waals surface area contributed by atoms with Gasteiger partial charge in [-0.3, -0.25) is 10.1 Å². The molecular weight excluding hydrogens is 382 g/mol. The Bertz CT molecular complexity index is 770. The summed E-state index contributed by atoms with van der Waals surface area (Å²) in [5.74, 6) is -0.588. The Morgan fingerprint density at radius 3 is 2.24 bits per heavy atom. The van der Waals surface area contributed by atoms with Gasteiger partial charge in [0.25, 0.3) is 5.69 Å². The summed E-state index contributed by atoms with van der Waals surface area (Å²) in [5.41, 5.74) is -1.38. The third-order valence-electron chi connectivity index (χ3n) is 3.82. The van der Waals surface area contributed by atoms with Crippen molar-refractivity contribution < 1.29 is 28.7 Å². The number of benzene rings is 1. The lowest BCUT2D eigenvalue weighted by Gasteiger charge is -2.28. The maximum Gasteiger partial charge on any atom is 0.408 e. The number of amides is 1. The highest BCUT2D eigenvalue weighted by Gasteiger charge is 2.26. The molecule has 0 aliphatic rings. The summed E-state index contributed by atoms with van der Waals surface area (Å²) in [6.45, 7) is 9.25. The third-order valence-corrected chi connectivity index (χ3v) is 3.82. The molecule has 29 heavy (non-hydrogen) atoms. The van der Waals surface area contributed by atoms with E-state index in [0.717, 1.165) is 6.07 Å². The molecule has 0 atom stereocenters. The van der Waals surface area contributed by atoms with Crippen molar-refractivity contribution >= 4 is 23.4 Å². The summed E-state index contributed by atoms with van der Waals surface area (Å²) in [4.78, 5) is 34.6. The van der Waals surface area contributed by atoms with Crippen molar-refractivity contribution in [1.82, 2.24) is 5.32 Å². The largest absolute Gasteiger partial charge is 0.496 e. The van der Waals surface area contributed by atoms with Gasteiger partial charge in [-0.25, -0.2) is 9.59 Å². The van der Waals surface area contributed by atoms with Crippen molar-refractivity contribution in [3.63, 3.8) is 0 Å². The van der Waals surface area contributed by atoms with Gasteiger partial charge in [0.05, 0.1) is 19.1 Å². The number of hydrogen-bond acceptors (Lipinski definition) is 8. The van der Waals surface area contributed by atoms with E-state index in [1.54, 1.807) is 20.8 Å². The number of ether oxygens (including phenoxy) is 3. The quantitative estimate of drug-likeness (QED) is 0.378. The summed E-state index contributed by atoms with van der Waals surface area (Å²) < 4.78 is 15.0. The monoisotopic (exact) mass is 411 g/mol. The van der Waals surface area contributed by atoms with Crippen LogP contribution in [0.15, 0.2) is 12.1 Å². The summed E-state index contributed by atoms with van der Waals surface area (Å²) in [6.07, 6.45) is -0.0950. The molecule has 1 rings (SSSR count). The highest BCUT2D eigenvalue weighted by Crippen LogP contribution is 2.33. The SMILES string of the molecule is COC(=O)c1cc([N+](=O)[O-])c(NCCC(C)(C)NC(=O)OC(C)(C)C)cc1OC. The zero-order chi connectivity index (χ0) is 22.4. The van der Waals surface area contributed by atoms with Crippen LogP contribution in [0.5, 0.6) is 5.75 Å². The number of nitrogens with one attached hydrogen (secondary N) is 2. The number of hydrogen-bond donors (Lipinski definition) is 2. The number of methoxy groups -OCH3 is 2. The number of anilines is 1. The molecule has 0 unspecified atom stereocenters. The van der Waals surface area contributed by atoms with Crippen molar-refractivity contribution in [3.05, 3.63) is 27.8 Å². The maximum atomic E-state index is 12.0. The fraction of sp³-hybridized carbons (Fsp3) is 0.579. The van der Waals surface area contributed by atoms with Crippen LogP contribution in [0.4, 0.5) is 16.2 Å². The average molecular weight is 411 g/mol. The summed E-state index contributed by atoms with van der Waals surface area (Å²) in [7, 11) is 2.53. The Kier molecular flexibility index (Phi) is 7.81. The number of rotatable bonds is 8. The molecule has 0 heterocycles. The standard InChI is InChI=1S/C19H29N3O7/c1-18(2,3)29-17(24)21-19(4,5)8-9-20-13-11-15(27-6)12(16(23)28-7)10-14(13)22(25)26/h10-11,20H,8-9H2,1-7H3,(H,21,24). The Balaban J connectivity index is 2.91. The first kappa shape index (κ1) is 24.0. The van der Waals surface area contributed by atoms with E-state index in [0.29, 0.717) is 13.0 Å². The third kappa shape index (κ3) is 7.47. The van der Waals surface area contributed by atoms with E-state index in [1.807, 2.05) is 13.8 Å². The van der Waals surface area contributed by atoms with Crippen molar-refractivity contribution in [1.29, 1.82) is 0 Å². The summed E-state index contributed by atoms with van der Waals surface area (Å²) in [5, 5.41) is 17.2. The molecule has 10 heteroatoms. The zero-order valence-electron chi connectivity index (χ0n) is 17.9. The average Bonchev–Trinajstić information content (AvgIpc) is 2.57. The molecule has 1 aromatic carbocycles. The van der Waals surface area contributed by atoms with Crippen LogP contribution in [-0.2, 0) is 9.47 Å². The van der Waals surface area contributed by atoms with Gasteiger partial charge in [0.1, 0.15) is 22.6 Å². The fourth-order valence-electron chi connectivity index (χ4n) is 2.45. The lowest BCUT2D eigenvalue weighted by atomic mass is 10.0. The number of nitro benzene ring substituents is 1. The van der Waals surface area contributed by atoms with Gasteiger partial charge in [0.15, 0.2) is 0 Å². The first-order chi connectivity index (χ1) is 13.3.